The van der Waals surface area contributed by atoms with Crippen molar-refractivity contribution in [2.75, 3.05) is 29.9 Å². The van der Waals surface area contributed by atoms with E-state index in [0.717, 1.165) is 24.3 Å². The largest absolute Gasteiger partial charge is 0.389 e. The first kappa shape index (κ1) is 13.0. The third kappa shape index (κ3) is 2.14. The Bertz CT molecular complexity index is 609. The highest BCUT2D eigenvalue weighted by molar-refractivity contribution is 5.80. The van der Waals surface area contributed by atoms with Crippen LogP contribution in [0.5, 0.6) is 0 Å². The molecule has 1 atom stereocenters. The van der Waals surface area contributed by atoms with Gasteiger partial charge in [0.1, 0.15) is 0 Å². The maximum atomic E-state index is 10.00. The highest BCUT2D eigenvalue weighted by Crippen LogP contribution is 2.39. The van der Waals surface area contributed by atoms with E-state index in [9.17, 15) is 5.11 Å². The Morgan fingerprint density at radius 3 is 2.20 bits per heavy atom. The molecule has 0 fully saturated rings. The summed E-state index contributed by atoms with van der Waals surface area (Å²) in [4.78, 5) is 4.58. The number of aliphatic hydroxyl groups excluding tert-OH is 1. The predicted molar refractivity (Wildman–Crippen MR) is 83.8 cm³/mol. The van der Waals surface area contributed by atoms with Gasteiger partial charge >= 0.3 is 0 Å². The maximum Gasteiger partial charge on any atom is 0.0782 e. The molecular weight excluding hydrogens is 248 g/mol. The van der Waals surface area contributed by atoms with Gasteiger partial charge in [0.25, 0.3) is 0 Å². The first-order chi connectivity index (χ1) is 9.68. The third-order valence-corrected chi connectivity index (χ3v) is 3.92. The molecule has 1 aliphatic rings. The Balaban J connectivity index is 2.11. The second kappa shape index (κ2) is 5.17. The molecule has 0 amide bonds. The molecule has 0 bridgehead atoms. The van der Waals surface area contributed by atoms with Crippen molar-refractivity contribution in [1.29, 1.82) is 0 Å². The number of hydrogen-bond donors (Lipinski definition) is 1. The molecule has 0 saturated carbocycles. The molecule has 2 aromatic carbocycles. The molecule has 3 rings (SSSR count). The summed E-state index contributed by atoms with van der Waals surface area (Å²) in [6.07, 6.45) is -0.460. The number of anilines is 3. The molecule has 3 heteroatoms. The average Bonchev–Trinajstić information content (AvgIpc) is 2.48. The van der Waals surface area contributed by atoms with Crippen LogP contribution in [0.2, 0.25) is 0 Å². The average molecular weight is 268 g/mol. The van der Waals surface area contributed by atoms with Crippen molar-refractivity contribution in [2.24, 2.45) is 0 Å². The quantitative estimate of drug-likeness (QED) is 0.905. The number of benzene rings is 2. The lowest BCUT2D eigenvalue weighted by Gasteiger charge is -2.38. The van der Waals surface area contributed by atoms with Crippen molar-refractivity contribution in [2.45, 2.75) is 13.0 Å². The summed E-state index contributed by atoms with van der Waals surface area (Å²) in [5, 5.41) is 10.00. The Kier molecular flexibility index (Phi) is 3.36. The zero-order chi connectivity index (χ0) is 14.1. The summed E-state index contributed by atoms with van der Waals surface area (Å²) in [6, 6.07) is 16.5. The van der Waals surface area contributed by atoms with Crippen LogP contribution < -0.4 is 9.80 Å². The van der Waals surface area contributed by atoms with Gasteiger partial charge < -0.3 is 14.9 Å². The molecular formula is C17H20N2O. The molecule has 104 valence electrons. The molecule has 0 unspecified atom stereocenters. The van der Waals surface area contributed by atoms with Gasteiger partial charge in [-0.15, -0.1) is 0 Å². The normalized spacial score (nSPS) is 15.9. The fourth-order valence-corrected chi connectivity index (χ4v) is 2.84. The van der Waals surface area contributed by atoms with Crippen LogP contribution in [0.15, 0.2) is 48.5 Å². The fraction of sp³-hybridized carbons (Fsp3) is 0.294. The van der Waals surface area contributed by atoms with Crippen LogP contribution in [0.4, 0.5) is 17.1 Å². The molecule has 0 saturated heterocycles. The summed E-state index contributed by atoms with van der Waals surface area (Å²) in [6.45, 7) is 3.73. The number of nitrogens with zero attached hydrogens (tertiary/aromatic N) is 2. The lowest BCUT2D eigenvalue weighted by atomic mass is 10.0. The number of aliphatic hydroxyl groups is 1. The SMILES string of the molecule is C[C@@H](O)c1ccccc1N1CCN(C)c2ccccc21. The number of fused-ring (bicyclic) bond motifs is 1. The maximum absolute atomic E-state index is 10.00. The van der Waals surface area contributed by atoms with Crippen LogP contribution in [0.1, 0.15) is 18.6 Å². The van der Waals surface area contributed by atoms with E-state index in [1.54, 1.807) is 0 Å². The third-order valence-electron chi connectivity index (χ3n) is 3.92. The Labute approximate surface area is 120 Å². The van der Waals surface area contributed by atoms with Crippen molar-refractivity contribution in [3.8, 4) is 0 Å². The van der Waals surface area contributed by atoms with Gasteiger partial charge in [0.2, 0.25) is 0 Å². The minimum absolute atomic E-state index is 0.460. The minimum atomic E-state index is -0.460. The molecule has 0 aromatic heterocycles. The van der Waals surface area contributed by atoms with E-state index in [4.69, 9.17) is 0 Å². The molecule has 0 spiro atoms. The lowest BCUT2D eigenvalue weighted by Crippen LogP contribution is -2.36. The van der Waals surface area contributed by atoms with E-state index in [1.165, 1.54) is 11.4 Å². The smallest absolute Gasteiger partial charge is 0.0782 e. The number of hydrogen-bond acceptors (Lipinski definition) is 3. The zero-order valence-corrected chi connectivity index (χ0v) is 12.0. The molecule has 0 radical (unpaired) electrons. The van der Waals surface area contributed by atoms with Crippen molar-refractivity contribution in [3.05, 3.63) is 54.1 Å². The Morgan fingerprint density at radius 2 is 1.50 bits per heavy atom. The van der Waals surface area contributed by atoms with Crippen LogP contribution in [-0.2, 0) is 0 Å². The summed E-state index contributed by atoms with van der Waals surface area (Å²) < 4.78 is 0. The first-order valence-electron chi connectivity index (χ1n) is 7.03. The second-order valence-electron chi connectivity index (χ2n) is 5.30. The second-order valence-corrected chi connectivity index (χ2v) is 5.30. The van der Waals surface area contributed by atoms with Crippen molar-refractivity contribution >= 4 is 17.1 Å². The van der Waals surface area contributed by atoms with E-state index in [-0.39, 0.29) is 0 Å². The van der Waals surface area contributed by atoms with Gasteiger partial charge in [0, 0.05) is 31.4 Å². The fourth-order valence-electron chi connectivity index (χ4n) is 2.84. The van der Waals surface area contributed by atoms with Gasteiger partial charge in [-0.05, 0) is 25.1 Å². The van der Waals surface area contributed by atoms with Crippen LogP contribution in [-0.4, -0.2) is 25.2 Å². The van der Waals surface area contributed by atoms with E-state index in [0.29, 0.717) is 0 Å². The molecule has 0 aliphatic carbocycles. The van der Waals surface area contributed by atoms with Gasteiger partial charge in [-0.2, -0.15) is 0 Å². The van der Waals surface area contributed by atoms with Gasteiger partial charge in [-0.25, -0.2) is 0 Å². The number of likely N-dealkylation sites (N-methyl/N-ethyl adjacent to an activating group) is 1. The van der Waals surface area contributed by atoms with Crippen LogP contribution >= 0.6 is 0 Å². The Morgan fingerprint density at radius 1 is 0.900 bits per heavy atom. The minimum Gasteiger partial charge on any atom is -0.389 e. The van der Waals surface area contributed by atoms with Gasteiger partial charge in [0.15, 0.2) is 0 Å². The summed E-state index contributed by atoms with van der Waals surface area (Å²) in [5.41, 5.74) is 4.52. The van der Waals surface area contributed by atoms with Gasteiger partial charge in [0.05, 0.1) is 17.5 Å². The molecule has 20 heavy (non-hydrogen) atoms. The van der Waals surface area contributed by atoms with Gasteiger partial charge in [-0.3, -0.25) is 0 Å². The van der Waals surface area contributed by atoms with Crippen molar-refractivity contribution in [1.82, 2.24) is 0 Å². The molecule has 2 aromatic rings. The highest BCUT2D eigenvalue weighted by atomic mass is 16.3. The van der Waals surface area contributed by atoms with Gasteiger partial charge in [-0.1, -0.05) is 30.3 Å². The van der Waals surface area contributed by atoms with E-state index in [1.807, 2.05) is 25.1 Å². The Hall–Kier alpha value is -2.00. The van der Waals surface area contributed by atoms with Crippen LogP contribution in [0.25, 0.3) is 0 Å². The topological polar surface area (TPSA) is 26.7 Å². The molecule has 1 N–H and O–H groups in total. The standard InChI is InChI=1S/C17H20N2O/c1-13(20)14-7-3-4-8-15(14)19-12-11-18(2)16-9-5-6-10-17(16)19/h3-10,13,20H,11-12H2,1-2H3/t13-/m1/s1. The number of para-hydroxylation sites is 3. The van der Waals surface area contributed by atoms with E-state index >= 15 is 0 Å². The first-order valence-corrected chi connectivity index (χ1v) is 7.03. The summed E-state index contributed by atoms with van der Waals surface area (Å²) in [7, 11) is 2.12. The summed E-state index contributed by atoms with van der Waals surface area (Å²) >= 11 is 0. The molecule has 1 heterocycles. The highest BCUT2D eigenvalue weighted by Gasteiger charge is 2.23. The van der Waals surface area contributed by atoms with Crippen LogP contribution in [0.3, 0.4) is 0 Å². The van der Waals surface area contributed by atoms with Crippen molar-refractivity contribution in [3.63, 3.8) is 0 Å². The van der Waals surface area contributed by atoms with Crippen molar-refractivity contribution < 1.29 is 5.11 Å². The monoisotopic (exact) mass is 268 g/mol. The van der Waals surface area contributed by atoms with Crippen LogP contribution in [0, 0.1) is 0 Å². The predicted octanol–water partition coefficient (Wildman–Crippen LogP) is 3.33. The van der Waals surface area contributed by atoms with E-state index < -0.39 is 6.10 Å². The molecule has 3 nitrogen and oxygen atoms in total. The summed E-state index contributed by atoms with van der Waals surface area (Å²) in [5.74, 6) is 0. The van der Waals surface area contributed by atoms with E-state index in [2.05, 4.69) is 47.2 Å². The lowest BCUT2D eigenvalue weighted by molar-refractivity contribution is 0.199. The molecule has 1 aliphatic heterocycles. The zero-order valence-electron chi connectivity index (χ0n) is 12.0. The number of rotatable bonds is 2.